The van der Waals surface area contributed by atoms with Crippen molar-refractivity contribution < 1.29 is 9.59 Å². The topological polar surface area (TPSA) is 136 Å². The van der Waals surface area contributed by atoms with Crippen molar-refractivity contribution in [3.63, 3.8) is 0 Å². The molecule has 4 rings (SSSR count). The molecular weight excluding hydrogens is 374 g/mol. The second-order valence-corrected chi connectivity index (χ2v) is 7.71. The van der Waals surface area contributed by atoms with E-state index in [0.29, 0.717) is 25.9 Å². The predicted molar refractivity (Wildman–Crippen MR) is 104 cm³/mol. The minimum atomic E-state index is -0.593. The molecule has 0 aliphatic carbocycles. The smallest absolute Gasteiger partial charge is 0.268 e. The number of hydrogen-bond acceptors (Lipinski definition) is 6. The molecule has 4 heterocycles. The molecule has 0 spiro atoms. The molecule has 0 saturated carbocycles. The summed E-state index contributed by atoms with van der Waals surface area (Å²) >= 11 is 0. The van der Waals surface area contributed by atoms with Gasteiger partial charge in [-0.05, 0) is 38.3 Å². The van der Waals surface area contributed by atoms with Gasteiger partial charge < -0.3 is 15.6 Å². The number of aromatic amines is 2. The first-order valence-corrected chi connectivity index (χ1v) is 9.95. The Morgan fingerprint density at radius 2 is 2.21 bits per heavy atom. The van der Waals surface area contributed by atoms with E-state index in [1.807, 2.05) is 0 Å². The summed E-state index contributed by atoms with van der Waals surface area (Å²) in [6.45, 7) is 1.95. The summed E-state index contributed by atoms with van der Waals surface area (Å²) in [6.07, 6.45) is 5.62. The Labute approximate surface area is 167 Å². The number of piperidine rings is 1. The number of aromatic nitrogens is 4. The van der Waals surface area contributed by atoms with Crippen LogP contribution in [0.15, 0.2) is 29.2 Å². The summed E-state index contributed by atoms with van der Waals surface area (Å²) in [7, 11) is 0. The van der Waals surface area contributed by atoms with Gasteiger partial charge in [0.05, 0.1) is 11.9 Å². The van der Waals surface area contributed by atoms with Crippen LogP contribution in [0.1, 0.15) is 41.9 Å². The predicted octanol–water partition coefficient (Wildman–Crippen LogP) is -0.421. The van der Waals surface area contributed by atoms with Gasteiger partial charge in [-0.1, -0.05) is 6.07 Å². The first kappa shape index (κ1) is 19.3. The number of carbonyl (C=O) groups excluding carboxylic acids is 2. The number of rotatable bonds is 6. The molecular formula is C19H25N7O3. The van der Waals surface area contributed by atoms with E-state index in [0.717, 1.165) is 31.5 Å². The molecule has 2 aliphatic heterocycles. The third-order valence-electron chi connectivity index (χ3n) is 5.80. The highest BCUT2D eigenvalue weighted by Crippen LogP contribution is 2.38. The van der Waals surface area contributed by atoms with Gasteiger partial charge in [-0.2, -0.15) is 15.4 Å². The summed E-state index contributed by atoms with van der Waals surface area (Å²) in [4.78, 5) is 41.8. The number of nitrogens with one attached hydrogen (secondary N) is 4. The highest BCUT2D eigenvalue weighted by molar-refractivity contribution is 5.93. The Bertz CT molecular complexity index is 926. The zero-order chi connectivity index (χ0) is 20.3. The molecule has 29 heavy (non-hydrogen) atoms. The second-order valence-electron chi connectivity index (χ2n) is 7.71. The van der Waals surface area contributed by atoms with Crippen LogP contribution in [0, 0.1) is 0 Å². The number of nitrogens with zero attached hydrogens (tertiary/aromatic N) is 3. The van der Waals surface area contributed by atoms with Crippen molar-refractivity contribution in [2.45, 2.75) is 43.7 Å². The standard InChI is InChI=1S/C19H25N7O3/c27-16-5-3-4-15(23-16)17(28)22-14-10-19(7-1-2-9-26(19)12-14)18(29)20-8-6-13-11-21-25-24-13/h3-5,11,14H,1-2,6-10,12H2,(H,20,29)(H,22,28)(H,23,27)(H,21,24,25)/t14-,19-/m0/s1. The lowest BCUT2D eigenvalue weighted by Gasteiger charge is -2.40. The van der Waals surface area contributed by atoms with Crippen molar-refractivity contribution in [2.75, 3.05) is 19.6 Å². The van der Waals surface area contributed by atoms with Gasteiger partial charge in [0.25, 0.3) is 5.91 Å². The normalized spacial score (nSPS) is 24.1. The van der Waals surface area contributed by atoms with Crippen molar-refractivity contribution in [1.82, 2.24) is 35.9 Å². The van der Waals surface area contributed by atoms with E-state index < -0.39 is 5.54 Å². The van der Waals surface area contributed by atoms with Gasteiger partial charge in [-0.15, -0.1) is 0 Å². The van der Waals surface area contributed by atoms with E-state index >= 15 is 0 Å². The number of carbonyl (C=O) groups is 2. The lowest BCUT2D eigenvalue weighted by molar-refractivity contribution is -0.133. The first-order valence-electron chi connectivity index (χ1n) is 9.95. The molecule has 2 saturated heterocycles. The second kappa shape index (κ2) is 8.16. The summed E-state index contributed by atoms with van der Waals surface area (Å²) in [5, 5.41) is 16.4. The molecule has 10 heteroatoms. The van der Waals surface area contributed by atoms with E-state index in [4.69, 9.17) is 0 Å². The van der Waals surface area contributed by atoms with Gasteiger partial charge in [0, 0.05) is 31.6 Å². The van der Waals surface area contributed by atoms with Crippen LogP contribution in [0.4, 0.5) is 0 Å². The minimum absolute atomic E-state index is 0.00515. The molecule has 2 fully saturated rings. The van der Waals surface area contributed by atoms with Gasteiger partial charge in [0.15, 0.2) is 0 Å². The number of fused-ring (bicyclic) bond motifs is 1. The summed E-state index contributed by atoms with van der Waals surface area (Å²) in [5.74, 6) is -0.320. The third-order valence-corrected chi connectivity index (χ3v) is 5.80. The van der Waals surface area contributed by atoms with E-state index in [-0.39, 0.29) is 29.1 Å². The average molecular weight is 399 g/mol. The van der Waals surface area contributed by atoms with Crippen molar-refractivity contribution in [1.29, 1.82) is 0 Å². The van der Waals surface area contributed by atoms with Crippen LogP contribution in [-0.2, 0) is 11.2 Å². The Kier molecular flexibility index (Phi) is 5.43. The Morgan fingerprint density at radius 1 is 1.31 bits per heavy atom. The van der Waals surface area contributed by atoms with Crippen molar-refractivity contribution in [3.8, 4) is 0 Å². The van der Waals surface area contributed by atoms with E-state index in [1.54, 1.807) is 18.3 Å². The molecule has 0 radical (unpaired) electrons. The monoisotopic (exact) mass is 399 g/mol. The molecule has 2 atom stereocenters. The zero-order valence-electron chi connectivity index (χ0n) is 16.1. The van der Waals surface area contributed by atoms with Crippen LogP contribution in [0.5, 0.6) is 0 Å². The van der Waals surface area contributed by atoms with Crippen LogP contribution >= 0.6 is 0 Å². The lowest BCUT2D eigenvalue weighted by Crippen LogP contribution is -2.57. The van der Waals surface area contributed by atoms with Crippen LogP contribution in [-0.4, -0.2) is 68.3 Å². The van der Waals surface area contributed by atoms with E-state index in [9.17, 15) is 14.4 Å². The largest absolute Gasteiger partial charge is 0.354 e. The fourth-order valence-corrected chi connectivity index (χ4v) is 4.43. The molecule has 10 nitrogen and oxygen atoms in total. The number of H-pyrrole nitrogens is 2. The summed E-state index contributed by atoms with van der Waals surface area (Å²) < 4.78 is 0. The highest BCUT2D eigenvalue weighted by atomic mass is 16.2. The minimum Gasteiger partial charge on any atom is -0.354 e. The maximum Gasteiger partial charge on any atom is 0.268 e. The summed E-state index contributed by atoms with van der Waals surface area (Å²) in [5.41, 5.74) is 0.124. The summed E-state index contributed by atoms with van der Waals surface area (Å²) in [6, 6.07) is 4.34. The Morgan fingerprint density at radius 3 is 3.00 bits per heavy atom. The maximum absolute atomic E-state index is 13.1. The molecule has 0 unspecified atom stereocenters. The molecule has 2 amide bonds. The molecule has 0 bridgehead atoms. The van der Waals surface area contributed by atoms with Crippen LogP contribution in [0.3, 0.4) is 0 Å². The maximum atomic E-state index is 13.1. The lowest BCUT2D eigenvalue weighted by atomic mass is 9.84. The molecule has 0 aromatic carbocycles. The molecule has 4 N–H and O–H groups in total. The first-order chi connectivity index (χ1) is 14.1. The van der Waals surface area contributed by atoms with E-state index in [2.05, 4.69) is 35.9 Å². The van der Waals surface area contributed by atoms with Gasteiger partial charge in [0.1, 0.15) is 11.2 Å². The van der Waals surface area contributed by atoms with Gasteiger partial charge >= 0.3 is 0 Å². The average Bonchev–Trinajstić information content (AvgIpc) is 3.35. The van der Waals surface area contributed by atoms with Crippen molar-refractivity contribution in [2.24, 2.45) is 0 Å². The number of pyridine rings is 1. The van der Waals surface area contributed by atoms with Crippen molar-refractivity contribution >= 4 is 11.8 Å². The SMILES string of the molecule is O=C(N[C@@H]1CN2CCCC[C@@]2(C(=O)NCCc2cn[nH]n2)C1)c1cccc(=O)[nH]1. The zero-order valence-corrected chi connectivity index (χ0v) is 16.1. The van der Waals surface area contributed by atoms with Crippen LogP contribution < -0.4 is 16.2 Å². The third kappa shape index (κ3) is 4.07. The fraction of sp³-hybridized carbons (Fsp3) is 0.526. The molecule has 2 aromatic rings. The number of hydrogen-bond donors (Lipinski definition) is 4. The van der Waals surface area contributed by atoms with Gasteiger partial charge in [-0.3, -0.25) is 19.3 Å². The molecule has 154 valence electrons. The van der Waals surface area contributed by atoms with Crippen LogP contribution in [0.2, 0.25) is 0 Å². The Hall–Kier alpha value is -3.01. The fourth-order valence-electron chi connectivity index (χ4n) is 4.43. The molecule has 2 aliphatic rings. The van der Waals surface area contributed by atoms with Gasteiger partial charge in [-0.25, -0.2) is 0 Å². The van der Waals surface area contributed by atoms with E-state index in [1.165, 1.54) is 6.07 Å². The van der Waals surface area contributed by atoms with Crippen molar-refractivity contribution in [3.05, 3.63) is 46.1 Å². The number of amides is 2. The Balaban J connectivity index is 1.40. The quantitative estimate of drug-likeness (QED) is 0.521. The molecule has 2 aromatic heterocycles. The van der Waals surface area contributed by atoms with Gasteiger partial charge in [0.2, 0.25) is 11.5 Å². The highest BCUT2D eigenvalue weighted by Gasteiger charge is 2.52. The van der Waals surface area contributed by atoms with Crippen LogP contribution in [0.25, 0.3) is 0 Å².